The van der Waals surface area contributed by atoms with Crippen LogP contribution in [0.3, 0.4) is 0 Å². The molecule has 0 heterocycles. The van der Waals surface area contributed by atoms with Gasteiger partial charge in [-0.2, -0.15) is 0 Å². The van der Waals surface area contributed by atoms with Crippen molar-refractivity contribution in [2.24, 2.45) is 5.92 Å². The van der Waals surface area contributed by atoms with Crippen LogP contribution in [-0.4, -0.2) is 5.11 Å². The fourth-order valence-electron chi connectivity index (χ4n) is 1.63. The second-order valence-corrected chi connectivity index (χ2v) is 3.73. The summed E-state index contributed by atoms with van der Waals surface area (Å²) in [6.45, 7) is 4.01. The summed E-state index contributed by atoms with van der Waals surface area (Å²) in [7, 11) is 0. The van der Waals surface area contributed by atoms with E-state index in [4.69, 9.17) is 0 Å². The third-order valence-electron chi connectivity index (χ3n) is 2.51. The first kappa shape index (κ1) is 11.2. The second kappa shape index (κ2) is 5.11. The summed E-state index contributed by atoms with van der Waals surface area (Å²) in [5.41, 5.74) is 0.411. The number of rotatable bonds is 4. The van der Waals surface area contributed by atoms with Gasteiger partial charge in [0.15, 0.2) is 0 Å². The molecule has 0 aromatic heterocycles. The quantitative estimate of drug-likeness (QED) is 0.783. The lowest BCUT2D eigenvalue weighted by atomic mass is 9.93. The van der Waals surface area contributed by atoms with E-state index in [-0.39, 0.29) is 11.7 Å². The van der Waals surface area contributed by atoms with Crippen molar-refractivity contribution in [3.8, 4) is 0 Å². The number of benzene rings is 1. The minimum atomic E-state index is -0.684. The number of halogens is 1. The van der Waals surface area contributed by atoms with Crippen LogP contribution in [0, 0.1) is 11.7 Å². The summed E-state index contributed by atoms with van der Waals surface area (Å²) in [5.74, 6) is -0.208. The summed E-state index contributed by atoms with van der Waals surface area (Å²) >= 11 is 0. The predicted molar refractivity (Wildman–Crippen MR) is 55.4 cm³/mol. The number of aliphatic hydroxyl groups is 1. The molecule has 0 saturated carbocycles. The van der Waals surface area contributed by atoms with E-state index in [9.17, 15) is 9.50 Å². The zero-order chi connectivity index (χ0) is 10.6. The van der Waals surface area contributed by atoms with Gasteiger partial charge in [-0.15, -0.1) is 0 Å². The van der Waals surface area contributed by atoms with Gasteiger partial charge < -0.3 is 5.11 Å². The van der Waals surface area contributed by atoms with Crippen LogP contribution in [0.5, 0.6) is 0 Å². The lowest BCUT2D eigenvalue weighted by Crippen LogP contribution is -2.10. The molecular formula is C12H17FO. The summed E-state index contributed by atoms with van der Waals surface area (Å²) in [6.07, 6.45) is 1.23. The molecule has 1 N–H and O–H groups in total. The second-order valence-electron chi connectivity index (χ2n) is 3.73. The Bertz CT molecular complexity index is 285. The lowest BCUT2D eigenvalue weighted by Gasteiger charge is -2.18. The SMILES string of the molecule is CCCC(C)C(O)c1ccccc1F. The minimum absolute atomic E-state index is 0.108. The zero-order valence-corrected chi connectivity index (χ0v) is 8.70. The van der Waals surface area contributed by atoms with Gasteiger partial charge in [0.2, 0.25) is 0 Å². The first-order chi connectivity index (χ1) is 6.66. The van der Waals surface area contributed by atoms with Gasteiger partial charge in [0.05, 0.1) is 6.10 Å². The highest BCUT2D eigenvalue weighted by Gasteiger charge is 2.18. The molecule has 0 spiro atoms. The molecule has 1 aromatic rings. The Morgan fingerprint density at radius 2 is 2.00 bits per heavy atom. The molecule has 0 aliphatic carbocycles. The maximum absolute atomic E-state index is 13.3. The van der Waals surface area contributed by atoms with Crippen LogP contribution >= 0.6 is 0 Å². The van der Waals surface area contributed by atoms with Crippen LogP contribution < -0.4 is 0 Å². The highest BCUT2D eigenvalue weighted by Crippen LogP contribution is 2.26. The predicted octanol–water partition coefficient (Wildman–Crippen LogP) is 3.30. The van der Waals surface area contributed by atoms with E-state index in [0.29, 0.717) is 5.56 Å². The van der Waals surface area contributed by atoms with Gasteiger partial charge in [0, 0.05) is 5.56 Å². The number of hydrogen-bond donors (Lipinski definition) is 1. The van der Waals surface area contributed by atoms with Crippen molar-refractivity contribution in [3.05, 3.63) is 35.6 Å². The molecule has 0 aliphatic rings. The van der Waals surface area contributed by atoms with Gasteiger partial charge in [-0.1, -0.05) is 38.5 Å². The molecule has 0 bridgehead atoms. The maximum atomic E-state index is 13.3. The van der Waals surface area contributed by atoms with Crippen molar-refractivity contribution in [2.45, 2.75) is 32.8 Å². The molecule has 78 valence electrons. The third-order valence-corrected chi connectivity index (χ3v) is 2.51. The van der Waals surface area contributed by atoms with E-state index >= 15 is 0 Å². The van der Waals surface area contributed by atoms with E-state index < -0.39 is 6.10 Å². The first-order valence-electron chi connectivity index (χ1n) is 5.09. The first-order valence-corrected chi connectivity index (χ1v) is 5.09. The molecule has 1 rings (SSSR count). The Morgan fingerprint density at radius 3 is 2.57 bits per heavy atom. The Hall–Kier alpha value is -0.890. The van der Waals surface area contributed by atoms with Crippen molar-refractivity contribution in [1.29, 1.82) is 0 Å². The molecule has 0 radical (unpaired) electrons. The van der Waals surface area contributed by atoms with Gasteiger partial charge in [0.25, 0.3) is 0 Å². The van der Waals surface area contributed by atoms with Gasteiger partial charge in [-0.25, -0.2) is 4.39 Å². The van der Waals surface area contributed by atoms with Crippen molar-refractivity contribution in [1.82, 2.24) is 0 Å². The minimum Gasteiger partial charge on any atom is -0.388 e. The smallest absolute Gasteiger partial charge is 0.129 e. The summed E-state index contributed by atoms with van der Waals surface area (Å²) in [4.78, 5) is 0. The molecule has 0 aliphatic heterocycles. The average Bonchev–Trinajstić information content (AvgIpc) is 2.18. The van der Waals surface area contributed by atoms with Gasteiger partial charge in [0.1, 0.15) is 5.82 Å². The van der Waals surface area contributed by atoms with Crippen LogP contribution in [0.1, 0.15) is 38.4 Å². The molecule has 2 heteroatoms. The molecule has 2 atom stereocenters. The van der Waals surface area contributed by atoms with Crippen LogP contribution in [0.15, 0.2) is 24.3 Å². The van der Waals surface area contributed by atoms with E-state index in [2.05, 4.69) is 6.92 Å². The van der Waals surface area contributed by atoms with Crippen molar-refractivity contribution >= 4 is 0 Å². The van der Waals surface area contributed by atoms with Crippen molar-refractivity contribution in [2.75, 3.05) is 0 Å². The Labute approximate surface area is 84.6 Å². The topological polar surface area (TPSA) is 20.2 Å². The Balaban J connectivity index is 2.78. The summed E-state index contributed by atoms with van der Waals surface area (Å²) < 4.78 is 13.3. The normalized spacial score (nSPS) is 15.1. The summed E-state index contributed by atoms with van der Waals surface area (Å²) in [5, 5.41) is 9.86. The van der Waals surface area contributed by atoms with Crippen LogP contribution in [0.25, 0.3) is 0 Å². The van der Waals surface area contributed by atoms with Gasteiger partial charge in [-0.3, -0.25) is 0 Å². The molecule has 2 unspecified atom stereocenters. The Morgan fingerprint density at radius 1 is 1.36 bits per heavy atom. The van der Waals surface area contributed by atoms with Gasteiger partial charge in [-0.05, 0) is 18.4 Å². The standard InChI is InChI=1S/C12H17FO/c1-3-6-9(2)12(14)10-7-4-5-8-11(10)13/h4-5,7-9,12,14H,3,6H2,1-2H3. The van der Waals surface area contributed by atoms with E-state index in [0.717, 1.165) is 12.8 Å². The maximum Gasteiger partial charge on any atom is 0.129 e. The zero-order valence-electron chi connectivity index (χ0n) is 8.70. The van der Waals surface area contributed by atoms with E-state index in [1.807, 2.05) is 6.92 Å². The molecule has 0 amide bonds. The molecule has 14 heavy (non-hydrogen) atoms. The average molecular weight is 196 g/mol. The monoisotopic (exact) mass is 196 g/mol. The largest absolute Gasteiger partial charge is 0.388 e. The molecule has 0 saturated heterocycles. The summed E-state index contributed by atoms with van der Waals surface area (Å²) in [6, 6.07) is 6.42. The Kier molecular flexibility index (Phi) is 4.08. The molecule has 1 nitrogen and oxygen atoms in total. The molecule has 0 fully saturated rings. The number of hydrogen-bond acceptors (Lipinski definition) is 1. The molecular weight excluding hydrogens is 179 g/mol. The highest BCUT2D eigenvalue weighted by molar-refractivity contribution is 5.20. The highest BCUT2D eigenvalue weighted by atomic mass is 19.1. The molecule has 1 aromatic carbocycles. The van der Waals surface area contributed by atoms with E-state index in [1.165, 1.54) is 6.07 Å². The van der Waals surface area contributed by atoms with Crippen LogP contribution in [0.4, 0.5) is 4.39 Å². The van der Waals surface area contributed by atoms with Crippen LogP contribution in [-0.2, 0) is 0 Å². The number of aliphatic hydroxyl groups excluding tert-OH is 1. The van der Waals surface area contributed by atoms with Crippen molar-refractivity contribution in [3.63, 3.8) is 0 Å². The van der Waals surface area contributed by atoms with E-state index in [1.54, 1.807) is 18.2 Å². The lowest BCUT2D eigenvalue weighted by molar-refractivity contribution is 0.108. The third kappa shape index (κ3) is 2.55. The fourth-order valence-corrected chi connectivity index (χ4v) is 1.63. The van der Waals surface area contributed by atoms with Gasteiger partial charge >= 0.3 is 0 Å². The fraction of sp³-hybridized carbons (Fsp3) is 0.500. The van der Waals surface area contributed by atoms with Crippen molar-refractivity contribution < 1.29 is 9.50 Å². The van der Waals surface area contributed by atoms with Crippen LogP contribution in [0.2, 0.25) is 0 Å².